The second kappa shape index (κ2) is 9.38. The molecule has 3 rings (SSSR count). The number of rotatable bonds is 7. The van der Waals surface area contributed by atoms with Crippen molar-refractivity contribution in [3.63, 3.8) is 0 Å². The molecule has 1 aliphatic heterocycles. The lowest BCUT2D eigenvalue weighted by atomic mass is 9.99. The van der Waals surface area contributed by atoms with Crippen LogP contribution in [-0.2, 0) is 30.4 Å². The van der Waals surface area contributed by atoms with Crippen molar-refractivity contribution in [1.82, 2.24) is 10.2 Å². The van der Waals surface area contributed by atoms with Gasteiger partial charge >= 0.3 is 6.18 Å². The molecule has 8 heteroatoms. The van der Waals surface area contributed by atoms with Crippen LogP contribution in [0.25, 0.3) is 0 Å². The van der Waals surface area contributed by atoms with Crippen LogP contribution in [0.1, 0.15) is 22.3 Å². The molecule has 0 bridgehead atoms. The SMILES string of the molecule is COc1cc2c(cc1OC)CN(CCNC(=O)Cc1ccc(C(F)(F)F)cc1)CC2. The molecule has 162 valence electrons. The van der Waals surface area contributed by atoms with Crippen LogP contribution >= 0.6 is 0 Å². The van der Waals surface area contributed by atoms with Crippen molar-refractivity contribution in [3.05, 3.63) is 58.7 Å². The summed E-state index contributed by atoms with van der Waals surface area (Å²) >= 11 is 0. The van der Waals surface area contributed by atoms with E-state index in [2.05, 4.69) is 10.2 Å². The number of nitrogens with one attached hydrogen (secondary N) is 1. The molecular weight excluding hydrogens is 397 g/mol. The van der Waals surface area contributed by atoms with Crippen LogP contribution in [-0.4, -0.2) is 44.7 Å². The first kappa shape index (κ1) is 22.0. The van der Waals surface area contributed by atoms with Crippen LogP contribution in [0, 0.1) is 0 Å². The number of halogens is 3. The molecule has 0 spiro atoms. The lowest BCUT2D eigenvalue weighted by Crippen LogP contribution is -2.38. The Morgan fingerprint density at radius 2 is 1.70 bits per heavy atom. The zero-order valence-corrected chi connectivity index (χ0v) is 17.0. The lowest BCUT2D eigenvalue weighted by Gasteiger charge is -2.29. The molecular formula is C22H25F3N2O3. The summed E-state index contributed by atoms with van der Waals surface area (Å²) in [6, 6.07) is 8.67. The second-order valence-corrected chi connectivity index (χ2v) is 7.22. The van der Waals surface area contributed by atoms with Crippen LogP contribution in [0.5, 0.6) is 11.5 Å². The first-order valence-electron chi connectivity index (χ1n) is 9.69. The molecule has 0 unspecified atom stereocenters. The van der Waals surface area contributed by atoms with Crippen LogP contribution in [0.3, 0.4) is 0 Å². The number of alkyl halides is 3. The number of amides is 1. The Morgan fingerprint density at radius 1 is 1.07 bits per heavy atom. The topological polar surface area (TPSA) is 50.8 Å². The number of ether oxygens (including phenoxy) is 2. The zero-order chi connectivity index (χ0) is 21.7. The number of fused-ring (bicyclic) bond motifs is 1. The van der Waals surface area contributed by atoms with Gasteiger partial charge < -0.3 is 14.8 Å². The Morgan fingerprint density at radius 3 is 2.30 bits per heavy atom. The second-order valence-electron chi connectivity index (χ2n) is 7.22. The maximum absolute atomic E-state index is 12.6. The van der Waals surface area contributed by atoms with Gasteiger partial charge in [-0.2, -0.15) is 13.2 Å². The van der Waals surface area contributed by atoms with Crippen molar-refractivity contribution in [2.24, 2.45) is 0 Å². The van der Waals surface area contributed by atoms with E-state index in [1.807, 2.05) is 12.1 Å². The minimum atomic E-state index is -4.37. The first-order chi connectivity index (χ1) is 14.3. The minimum absolute atomic E-state index is 0.0535. The lowest BCUT2D eigenvalue weighted by molar-refractivity contribution is -0.137. The van der Waals surface area contributed by atoms with Crippen molar-refractivity contribution in [1.29, 1.82) is 0 Å². The number of hydrogen-bond acceptors (Lipinski definition) is 4. The van der Waals surface area contributed by atoms with E-state index >= 15 is 0 Å². The minimum Gasteiger partial charge on any atom is -0.493 e. The first-order valence-corrected chi connectivity index (χ1v) is 9.69. The summed E-state index contributed by atoms with van der Waals surface area (Å²) in [6.07, 6.45) is -3.43. The summed E-state index contributed by atoms with van der Waals surface area (Å²) in [5.74, 6) is 1.21. The number of carbonyl (C=O) groups excluding carboxylic acids is 1. The molecule has 0 saturated carbocycles. The van der Waals surface area contributed by atoms with E-state index in [1.54, 1.807) is 14.2 Å². The van der Waals surface area contributed by atoms with Crippen molar-refractivity contribution in [3.8, 4) is 11.5 Å². The third kappa shape index (κ3) is 5.44. The van der Waals surface area contributed by atoms with E-state index < -0.39 is 11.7 Å². The number of methoxy groups -OCH3 is 2. The summed E-state index contributed by atoms with van der Waals surface area (Å²) in [7, 11) is 3.23. The van der Waals surface area contributed by atoms with Crippen molar-refractivity contribution < 1.29 is 27.4 Å². The number of benzene rings is 2. The maximum Gasteiger partial charge on any atom is 0.416 e. The third-order valence-corrected chi connectivity index (χ3v) is 5.19. The van der Waals surface area contributed by atoms with E-state index in [9.17, 15) is 18.0 Å². The van der Waals surface area contributed by atoms with Crippen LogP contribution in [0.4, 0.5) is 13.2 Å². The Hall–Kier alpha value is -2.74. The number of carbonyl (C=O) groups is 1. The van der Waals surface area contributed by atoms with Gasteiger partial charge in [0.15, 0.2) is 11.5 Å². The summed E-state index contributed by atoms with van der Waals surface area (Å²) in [4.78, 5) is 14.3. The monoisotopic (exact) mass is 422 g/mol. The fourth-order valence-corrected chi connectivity index (χ4v) is 3.55. The van der Waals surface area contributed by atoms with E-state index in [1.165, 1.54) is 23.3 Å². The largest absolute Gasteiger partial charge is 0.493 e. The molecule has 1 N–H and O–H groups in total. The Balaban J connectivity index is 1.47. The van der Waals surface area contributed by atoms with Crippen LogP contribution in [0.15, 0.2) is 36.4 Å². The molecule has 0 radical (unpaired) electrons. The van der Waals surface area contributed by atoms with Gasteiger partial charge in [-0.25, -0.2) is 0 Å². The van der Waals surface area contributed by atoms with Crippen LogP contribution in [0.2, 0.25) is 0 Å². The highest BCUT2D eigenvalue weighted by Crippen LogP contribution is 2.33. The molecule has 0 fully saturated rings. The van der Waals surface area contributed by atoms with E-state index in [0.29, 0.717) is 24.4 Å². The Kier molecular flexibility index (Phi) is 6.87. The van der Waals surface area contributed by atoms with Gasteiger partial charge in [0.25, 0.3) is 0 Å². The average Bonchev–Trinajstić information content (AvgIpc) is 2.72. The highest BCUT2D eigenvalue weighted by atomic mass is 19.4. The highest BCUT2D eigenvalue weighted by Gasteiger charge is 2.30. The summed E-state index contributed by atoms with van der Waals surface area (Å²) in [5.41, 5.74) is 2.24. The molecule has 2 aromatic rings. The van der Waals surface area contributed by atoms with Crippen LogP contribution < -0.4 is 14.8 Å². The molecule has 1 heterocycles. The van der Waals surface area contributed by atoms with Crippen molar-refractivity contribution >= 4 is 5.91 Å². The quantitative estimate of drug-likeness (QED) is 0.743. The van der Waals surface area contributed by atoms with Gasteiger partial charge in [-0.15, -0.1) is 0 Å². The van der Waals surface area contributed by atoms with E-state index in [0.717, 1.165) is 37.4 Å². The molecule has 30 heavy (non-hydrogen) atoms. The van der Waals surface area contributed by atoms with Crippen molar-refractivity contribution in [2.45, 2.75) is 25.6 Å². The van der Waals surface area contributed by atoms with Gasteiger partial charge in [0, 0.05) is 26.2 Å². The summed E-state index contributed by atoms with van der Waals surface area (Å²) in [5, 5.41) is 2.84. The van der Waals surface area contributed by atoms with Gasteiger partial charge in [-0.05, 0) is 47.4 Å². The molecule has 0 atom stereocenters. The maximum atomic E-state index is 12.6. The predicted molar refractivity (Wildman–Crippen MR) is 107 cm³/mol. The van der Waals surface area contributed by atoms with Gasteiger partial charge in [-0.1, -0.05) is 12.1 Å². The molecule has 0 aromatic heterocycles. The van der Waals surface area contributed by atoms with Gasteiger partial charge in [0.05, 0.1) is 26.2 Å². The van der Waals surface area contributed by atoms with Gasteiger partial charge in [0.1, 0.15) is 0 Å². The zero-order valence-electron chi connectivity index (χ0n) is 17.0. The summed E-state index contributed by atoms with van der Waals surface area (Å²) < 4.78 is 48.5. The fraction of sp³-hybridized carbons (Fsp3) is 0.409. The molecule has 0 aliphatic carbocycles. The molecule has 0 saturated heterocycles. The summed E-state index contributed by atoms with van der Waals surface area (Å²) in [6.45, 7) is 2.79. The smallest absolute Gasteiger partial charge is 0.416 e. The third-order valence-electron chi connectivity index (χ3n) is 5.19. The average molecular weight is 422 g/mol. The van der Waals surface area contributed by atoms with Crippen molar-refractivity contribution in [2.75, 3.05) is 33.9 Å². The molecule has 2 aromatic carbocycles. The predicted octanol–water partition coefficient (Wildman–Crippen LogP) is 3.44. The van der Waals surface area contributed by atoms with Gasteiger partial charge in [-0.3, -0.25) is 9.69 Å². The fourth-order valence-electron chi connectivity index (χ4n) is 3.55. The van der Waals surface area contributed by atoms with E-state index in [4.69, 9.17) is 9.47 Å². The van der Waals surface area contributed by atoms with E-state index in [-0.39, 0.29) is 12.3 Å². The normalized spacial score (nSPS) is 14.2. The highest BCUT2D eigenvalue weighted by molar-refractivity contribution is 5.78. The Labute approximate surface area is 173 Å². The molecule has 5 nitrogen and oxygen atoms in total. The molecule has 1 aliphatic rings. The van der Waals surface area contributed by atoms with Gasteiger partial charge in [0.2, 0.25) is 5.91 Å². The molecule has 1 amide bonds. The standard InChI is InChI=1S/C22H25F3N2O3/c1-29-19-12-16-7-9-27(14-17(16)13-20(19)30-2)10-8-26-21(28)11-15-3-5-18(6-4-15)22(23,24)25/h3-6,12-13H,7-11,14H2,1-2H3,(H,26,28). The Bertz CT molecular complexity index is 882. The number of nitrogens with zero attached hydrogens (tertiary/aromatic N) is 1. The number of hydrogen-bond donors (Lipinski definition) is 1.